The van der Waals surface area contributed by atoms with Gasteiger partial charge in [0.2, 0.25) is 0 Å². The molecule has 0 fully saturated rings. The molecule has 0 radical (unpaired) electrons. The molecule has 0 aliphatic heterocycles. The van der Waals surface area contributed by atoms with Crippen LogP contribution in [0.2, 0.25) is 19.6 Å². The summed E-state index contributed by atoms with van der Waals surface area (Å²) >= 11 is 2.08. The topological polar surface area (TPSA) is 0 Å². The first-order chi connectivity index (χ1) is 5.84. The summed E-state index contributed by atoms with van der Waals surface area (Å²) in [4.78, 5) is 0. The number of rotatable bonds is 1. The van der Waals surface area contributed by atoms with E-state index in [0.29, 0.717) is 0 Å². The van der Waals surface area contributed by atoms with E-state index < -0.39 is 8.07 Å². The third-order valence-corrected chi connectivity index (χ3v) is 5.41. The van der Waals surface area contributed by atoms with Gasteiger partial charge in [-0.05, 0) is 40.3 Å². The molecule has 0 atom stereocenters. The molecule has 0 heterocycles. The molecule has 0 bridgehead atoms. The van der Waals surface area contributed by atoms with Crippen molar-refractivity contribution in [2.45, 2.75) is 26.6 Å². The zero-order valence-electron chi connectivity index (χ0n) is 8.41. The number of benzene rings is 1. The Bertz CT molecular complexity index is 328. The lowest BCUT2D eigenvalue weighted by Gasteiger charge is -2.18. The highest BCUT2D eigenvalue weighted by Gasteiger charge is 2.22. The van der Waals surface area contributed by atoms with Crippen LogP contribution in [0.5, 0.6) is 0 Å². The van der Waals surface area contributed by atoms with E-state index >= 15 is 0 Å². The van der Waals surface area contributed by atoms with Gasteiger partial charge in [-0.3, -0.25) is 0 Å². The summed E-state index contributed by atoms with van der Waals surface area (Å²) in [5.41, 5.74) is 1.03. The Labute approximate surface area is 93.7 Å². The van der Waals surface area contributed by atoms with Gasteiger partial charge in [-0.2, -0.15) is 0 Å². The van der Waals surface area contributed by atoms with Crippen molar-refractivity contribution in [1.29, 1.82) is 0 Å². The Balaban J connectivity index is 3.35. The lowest BCUT2D eigenvalue weighted by atomic mass is 10.2. The van der Waals surface area contributed by atoms with Gasteiger partial charge in [-0.1, -0.05) is 31.8 Å². The number of hydrogen-bond donors (Lipinski definition) is 0. The minimum Gasteiger partial charge on any atom is -0.206 e. The predicted octanol–water partition coefficient (Wildman–Crippen LogP) is 3.28. The molecule has 0 saturated carbocycles. The standard InChI is InChI=1S/C10H14FISi/c1-7-5-6-8(13(2,3)4)9(11)10(7)12/h5-6H,1-4H3. The maximum Gasteiger partial charge on any atom is 0.136 e. The van der Waals surface area contributed by atoms with Gasteiger partial charge in [-0.15, -0.1) is 0 Å². The van der Waals surface area contributed by atoms with E-state index in [0.717, 1.165) is 14.3 Å². The molecule has 3 heteroatoms. The smallest absolute Gasteiger partial charge is 0.136 e. The van der Waals surface area contributed by atoms with Crippen molar-refractivity contribution in [2.24, 2.45) is 0 Å². The van der Waals surface area contributed by atoms with Crippen molar-refractivity contribution < 1.29 is 4.39 Å². The molecule has 0 amide bonds. The molecular formula is C10H14FISi. The average Bonchev–Trinajstić information content (AvgIpc) is 1.98. The Morgan fingerprint density at radius 3 is 2.23 bits per heavy atom. The van der Waals surface area contributed by atoms with E-state index in [1.165, 1.54) is 0 Å². The molecule has 1 rings (SSSR count). The van der Waals surface area contributed by atoms with Crippen LogP contribution in [0.25, 0.3) is 0 Å². The maximum absolute atomic E-state index is 13.8. The molecule has 0 unspecified atom stereocenters. The van der Waals surface area contributed by atoms with Crippen molar-refractivity contribution in [1.82, 2.24) is 0 Å². The van der Waals surface area contributed by atoms with E-state index in [-0.39, 0.29) is 5.82 Å². The molecule has 0 aromatic heterocycles. The number of hydrogen-bond acceptors (Lipinski definition) is 0. The summed E-state index contributed by atoms with van der Waals surface area (Å²) in [5.74, 6) is -0.000216. The average molecular weight is 308 g/mol. The second-order valence-electron chi connectivity index (χ2n) is 4.31. The van der Waals surface area contributed by atoms with Crippen molar-refractivity contribution in [3.63, 3.8) is 0 Å². The van der Waals surface area contributed by atoms with Crippen LogP contribution in [0.4, 0.5) is 4.39 Å². The Morgan fingerprint density at radius 2 is 1.77 bits per heavy atom. The normalized spacial score (nSPS) is 11.8. The zero-order chi connectivity index (χ0) is 10.2. The lowest BCUT2D eigenvalue weighted by Crippen LogP contribution is -2.40. The van der Waals surface area contributed by atoms with Crippen LogP contribution < -0.4 is 5.19 Å². The summed E-state index contributed by atoms with van der Waals surface area (Å²) in [7, 11) is -1.51. The van der Waals surface area contributed by atoms with Crippen LogP contribution in [0.3, 0.4) is 0 Å². The van der Waals surface area contributed by atoms with Crippen LogP contribution >= 0.6 is 22.6 Å². The summed E-state index contributed by atoms with van der Waals surface area (Å²) in [5, 5.41) is 0.933. The first-order valence-electron chi connectivity index (χ1n) is 4.29. The van der Waals surface area contributed by atoms with E-state index in [1.54, 1.807) is 0 Å². The van der Waals surface area contributed by atoms with Gasteiger partial charge in [0.15, 0.2) is 0 Å². The Kier molecular flexibility index (Phi) is 3.17. The van der Waals surface area contributed by atoms with E-state index in [1.807, 2.05) is 19.1 Å². The highest BCUT2D eigenvalue weighted by molar-refractivity contribution is 14.1. The Hall–Kier alpha value is 0.0969. The van der Waals surface area contributed by atoms with Gasteiger partial charge < -0.3 is 0 Å². The fourth-order valence-electron chi connectivity index (χ4n) is 1.23. The van der Waals surface area contributed by atoms with Crippen molar-refractivity contribution in [3.8, 4) is 0 Å². The van der Waals surface area contributed by atoms with Gasteiger partial charge in [0.1, 0.15) is 5.82 Å². The molecule has 72 valence electrons. The Morgan fingerprint density at radius 1 is 1.23 bits per heavy atom. The third-order valence-electron chi connectivity index (χ3n) is 2.08. The molecule has 1 aromatic carbocycles. The fraction of sp³-hybridized carbons (Fsp3) is 0.400. The third kappa shape index (κ3) is 2.31. The molecule has 0 aliphatic carbocycles. The highest BCUT2D eigenvalue weighted by Crippen LogP contribution is 2.16. The largest absolute Gasteiger partial charge is 0.206 e. The molecule has 0 N–H and O–H groups in total. The zero-order valence-corrected chi connectivity index (χ0v) is 11.6. The molecule has 0 nitrogen and oxygen atoms in total. The molecular weight excluding hydrogens is 294 g/mol. The van der Waals surface area contributed by atoms with Crippen LogP contribution in [0.15, 0.2) is 12.1 Å². The van der Waals surface area contributed by atoms with Gasteiger partial charge >= 0.3 is 0 Å². The van der Waals surface area contributed by atoms with E-state index in [2.05, 4.69) is 42.2 Å². The predicted molar refractivity (Wildman–Crippen MR) is 66.8 cm³/mol. The molecule has 0 saturated heterocycles. The monoisotopic (exact) mass is 308 g/mol. The van der Waals surface area contributed by atoms with Crippen LogP contribution in [0, 0.1) is 16.3 Å². The maximum atomic E-state index is 13.8. The minimum atomic E-state index is -1.51. The lowest BCUT2D eigenvalue weighted by molar-refractivity contribution is 0.626. The van der Waals surface area contributed by atoms with Gasteiger partial charge in [0.05, 0.1) is 11.6 Å². The van der Waals surface area contributed by atoms with Gasteiger partial charge in [0.25, 0.3) is 0 Å². The molecule has 0 spiro atoms. The second kappa shape index (κ2) is 3.69. The van der Waals surface area contributed by atoms with Crippen molar-refractivity contribution >= 4 is 35.9 Å². The van der Waals surface area contributed by atoms with E-state index in [4.69, 9.17) is 0 Å². The quantitative estimate of drug-likeness (QED) is 0.552. The summed E-state index contributed by atoms with van der Waals surface area (Å²) in [6, 6.07) is 3.96. The minimum absolute atomic E-state index is 0.000216. The first-order valence-corrected chi connectivity index (χ1v) is 8.87. The van der Waals surface area contributed by atoms with Crippen LogP contribution in [-0.2, 0) is 0 Å². The van der Waals surface area contributed by atoms with Crippen molar-refractivity contribution in [2.75, 3.05) is 0 Å². The summed E-state index contributed by atoms with van der Waals surface area (Å²) in [6.45, 7) is 8.43. The van der Waals surface area contributed by atoms with E-state index in [9.17, 15) is 4.39 Å². The first kappa shape index (κ1) is 11.2. The highest BCUT2D eigenvalue weighted by atomic mass is 127. The molecule has 13 heavy (non-hydrogen) atoms. The summed E-state index contributed by atoms with van der Waals surface area (Å²) < 4.78 is 14.6. The van der Waals surface area contributed by atoms with Crippen LogP contribution in [-0.4, -0.2) is 8.07 Å². The number of aryl methyl sites for hydroxylation is 1. The SMILES string of the molecule is Cc1ccc([Si](C)(C)C)c(F)c1I. The van der Waals surface area contributed by atoms with Crippen LogP contribution in [0.1, 0.15) is 5.56 Å². The van der Waals surface area contributed by atoms with Gasteiger partial charge in [-0.25, -0.2) is 4.39 Å². The number of halogens is 2. The molecule has 1 aromatic rings. The fourth-order valence-corrected chi connectivity index (χ4v) is 3.32. The molecule has 0 aliphatic rings. The van der Waals surface area contributed by atoms with Crippen molar-refractivity contribution in [3.05, 3.63) is 27.1 Å². The summed E-state index contributed by atoms with van der Waals surface area (Å²) in [6.07, 6.45) is 0. The van der Waals surface area contributed by atoms with Gasteiger partial charge in [0, 0.05) is 0 Å². The second-order valence-corrected chi connectivity index (χ2v) is 10.4.